The number of carbonyl (C=O) groups is 3. The molecule has 0 unspecified atom stereocenters. The van der Waals surface area contributed by atoms with E-state index in [1.165, 1.54) is 19.9 Å². The van der Waals surface area contributed by atoms with E-state index in [1.807, 2.05) is 0 Å². The number of non-ortho nitro benzene ring substituents is 1. The van der Waals surface area contributed by atoms with Crippen LogP contribution in [0.25, 0.3) is 0 Å². The highest BCUT2D eigenvalue weighted by Gasteiger charge is 2.21. The first-order valence-corrected chi connectivity index (χ1v) is 7.86. The van der Waals surface area contributed by atoms with Crippen molar-refractivity contribution in [2.75, 3.05) is 11.1 Å². The van der Waals surface area contributed by atoms with E-state index in [9.17, 15) is 24.5 Å². The molecule has 0 fully saturated rings. The Bertz CT molecular complexity index is 908. The first-order chi connectivity index (χ1) is 12.7. The molecule has 9 heteroatoms. The molecule has 0 heterocycles. The number of anilines is 2. The van der Waals surface area contributed by atoms with Crippen molar-refractivity contribution in [2.45, 2.75) is 20.0 Å². The average molecular weight is 371 g/mol. The predicted molar refractivity (Wildman–Crippen MR) is 97.5 cm³/mol. The quantitative estimate of drug-likeness (QED) is 0.261. The molecule has 2 aromatic carbocycles. The lowest BCUT2D eigenvalue weighted by Crippen LogP contribution is -2.30. The number of benzene rings is 2. The Morgan fingerprint density at radius 1 is 1.15 bits per heavy atom. The van der Waals surface area contributed by atoms with Crippen molar-refractivity contribution in [1.29, 1.82) is 0 Å². The van der Waals surface area contributed by atoms with Crippen molar-refractivity contribution < 1.29 is 24.0 Å². The van der Waals surface area contributed by atoms with Gasteiger partial charge in [-0.15, -0.1) is 0 Å². The van der Waals surface area contributed by atoms with Crippen LogP contribution in [0.5, 0.6) is 0 Å². The normalized spacial score (nSPS) is 11.3. The number of nitrogens with two attached hydrogens (primary N) is 1. The van der Waals surface area contributed by atoms with Gasteiger partial charge in [-0.25, -0.2) is 4.79 Å². The van der Waals surface area contributed by atoms with E-state index in [0.29, 0.717) is 11.3 Å². The molecule has 2 aromatic rings. The fourth-order valence-electron chi connectivity index (χ4n) is 2.16. The molecule has 0 radical (unpaired) electrons. The van der Waals surface area contributed by atoms with Crippen molar-refractivity contribution in [2.24, 2.45) is 0 Å². The molecule has 0 aliphatic heterocycles. The third-order valence-corrected chi connectivity index (χ3v) is 3.68. The second kappa shape index (κ2) is 8.09. The van der Waals surface area contributed by atoms with E-state index in [4.69, 9.17) is 10.5 Å². The Labute approximate surface area is 154 Å². The molecule has 9 nitrogen and oxygen atoms in total. The molecule has 0 aromatic heterocycles. The molecular formula is C18H17N3O6. The summed E-state index contributed by atoms with van der Waals surface area (Å²) >= 11 is 0. The summed E-state index contributed by atoms with van der Waals surface area (Å²) in [5.74, 6) is -1.56. The van der Waals surface area contributed by atoms with Crippen molar-refractivity contribution >= 4 is 34.7 Å². The van der Waals surface area contributed by atoms with Gasteiger partial charge in [-0.2, -0.15) is 0 Å². The number of amides is 1. The third-order valence-electron chi connectivity index (χ3n) is 3.68. The molecule has 1 amide bonds. The van der Waals surface area contributed by atoms with Crippen LogP contribution in [-0.4, -0.2) is 28.7 Å². The van der Waals surface area contributed by atoms with Gasteiger partial charge in [-0.05, 0) is 44.2 Å². The van der Waals surface area contributed by atoms with E-state index in [2.05, 4.69) is 5.32 Å². The zero-order chi connectivity index (χ0) is 20.1. The number of rotatable bonds is 6. The van der Waals surface area contributed by atoms with Gasteiger partial charge in [0.1, 0.15) is 0 Å². The van der Waals surface area contributed by atoms with Crippen LogP contribution in [0, 0.1) is 10.1 Å². The fraction of sp³-hybridized carbons (Fsp3) is 0.167. The summed E-state index contributed by atoms with van der Waals surface area (Å²) in [6.45, 7) is 2.80. The number of Topliss-reactive ketones (excluding diaryl/α,β-unsaturated/α-hetero) is 1. The van der Waals surface area contributed by atoms with Crippen molar-refractivity contribution in [3.05, 3.63) is 63.7 Å². The largest absolute Gasteiger partial charge is 0.449 e. The molecule has 0 spiro atoms. The zero-order valence-corrected chi connectivity index (χ0v) is 14.6. The summed E-state index contributed by atoms with van der Waals surface area (Å²) in [5.41, 5.74) is 6.11. The Morgan fingerprint density at radius 2 is 1.78 bits per heavy atom. The number of ketones is 1. The summed E-state index contributed by atoms with van der Waals surface area (Å²) in [7, 11) is 0. The average Bonchev–Trinajstić information content (AvgIpc) is 2.61. The molecular weight excluding hydrogens is 354 g/mol. The highest BCUT2D eigenvalue weighted by molar-refractivity contribution is 6.00. The molecule has 140 valence electrons. The van der Waals surface area contributed by atoms with E-state index >= 15 is 0 Å². The van der Waals surface area contributed by atoms with Crippen LogP contribution in [0.1, 0.15) is 34.6 Å². The predicted octanol–water partition coefficient (Wildman–Crippen LogP) is 2.56. The summed E-state index contributed by atoms with van der Waals surface area (Å²) in [5, 5.41) is 13.3. The Hall–Kier alpha value is -3.75. The monoisotopic (exact) mass is 371 g/mol. The van der Waals surface area contributed by atoms with Crippen LogP contribution >= 0.6 is 0 Å². The number of nitrogen functional groups attached to an aromatic ring is 1. The molecule has 3 N–H and O–H groups in total. The van der Waals surface area contributed by atoms with Gasteiger partial charge >= 0.3 is 5.97 Å². The van der Waals surface area contributed by atoms with Crippen LogP contribution in [0.3, 0.4) is 0 Å². The molecule has 27 heavy (non-hydrogen) atoms. The topological polar surface area (TPSA) is 142 Å². The summed E-state index contributed by atoms with van der Waals surface area (Å²) in [4.78, 5) is 45.6. The zero-order valence-electron chi connectivity index (χ0n) is 14.6. The Kier molecular flexibility index (Phi) is 5.86. The smallest absolute Gasteiger partial charge is 0.341 e. The Balaban J connectivity index is 2.02. The third kappa shape index (κ3) is 4.88. The first-order valence-electron chi connectivity index (χ1n) is 7.86. The highest BCUT2D eigenvalue weighted by Crippen LogP contribution is 2.21. The molecule has 0 saturated heterocycles. The second-order valence-corrected chi connectivity index (χ2v) is 5.70. The van der Waals surface area contributed by atoms with Crippen molar-refractivity contribution in [3.8, 4) is 0 Å². The van der Waals surface area contributed by atoms with Gasteiger partial charge in [0.05, 0.1) is 16.2 Å². The number of nitro benzene ring substituents is 1. The number of ether oxygens (including phenoxy) is 1. The first kappa shape index (κ1) is 19.6. The van der Waals surface area contributed by atoms with Gasteiger partial charge in [0, 0.05) is 23.4 Å². The van der Waals surface area contributed by atoms with Gasteiger partial charge in [0.2, 0.25) is 0 Å². The number of nitrogens with one attached hydrogen (secondary N) is 1. The van der Waals surface area contributed by atoms with Crippen molar-refractivity contribution in [1.82, 2.24) is 0 Å². The second-order valence-electron chi connectivity index (χ2n) is 5.70. The van der Waals surface area contributed by atoms with Crippen LogP contribution in [0.4, 0.5) is 17.1 Å². The Morgan fingerprint density at radius 3 is 2.30 bits per heavy atom. The fourth-order valence-corrected chi connectivity index (χ4v) is 2.16. The number of hydrogen-bond acceptors (Lipinski definition) is 7. The van der Waals surface area contributed by atoms with Gasteiger partial charge in [-0.3, -0.25) is 19.7 Å². The summed E-state index contributed by atoms with van der Waals surface area (Å²) in [6, 6.07) is 9.56. The number of esters is 1. The molecule has 0 aliphatic carbocycles. The maximum Gasteiger partial charge on any atom is 0.341 e. The van der Waals surface area contributed by atoms with Crippen LogP contribution in [-0.2, 0) is 9.53 Å². The van der Waals surface area contributed by atoms with Gasteiger partial charge in [-0.1, -0.05) is 0 Å². The van der Waals surface area contributed by atoms with Crippen LogP contribution in [0.2, 0.25) is 0 Å². The number of nitro groups is 1. The molecule has 0 aliphatic rings. The van der Waals surface area contributed by atoms with E-state index in [-0.39, 0.29) is 22.7 Å². The van der Waals surface area contributed by atoms with Crippen molar-refractivity contribution in [3.63, 3.8) is 0 Å². The minimum atomic E-state index is -1.14. The van der Waals surface area contributed by atoms with Crippen LogP contribution in [0.15, 0.2) is 42.5 Å². The van der Waals surface area contributed by atoms with E-state index in [1.54, 1.807) is 24.3 Å². The van der Waals surface area contributed by atoms with Crippen LogP contribution < -0.4 is 11.1 Å². The van der Waals surface area contributed by atoms with E-state index < -0.39 is 22.9 Å². The minimum absolute atomic E-state index is 0.0777. The number of hydrogen-bond donors (Lipinski definition) is 2. The lowest BCUT2D eigenvalue weighted by molar-refractivity contribution is -0.384. The number of nitrogens with zero attached hydrogens (tertiary/aromatic N) is 1. The maximum atomic E-state index is 12.2. The molecule has 0 bridgehead atoms. The van der Waals surface area contributed by atoms with Gasteiger partial charge in [0.25, 0.3) is 11.6 Å². The standard InChI is InChI=1S/C18H17N3O6/c1-10(22)12-3-5-13(6-4-12)20-17(23)11(2)27-18(24)15-8-7-14(21(25)26)9-16(15)19/h3-9,11H,19H2,1-2H3,(H,20,23)/t11-/m1/s1. The number of carbonyl (C=O) groups excluding carboxylic acids is 3. The summed E-state index contributed by atoms with van der Waals surface area (Å²) < 4.78 is 5.06. The maximum absolute atomic E-state index is 12.2. The lowest BCUT2D eigenvalue weighted by Gasteiger charge is -2.14. The molecule has 1 atom stereocenters. The van der Waals surface area contributed by atoms with Gasteiger partial charge in [0.15, 0.2) is 11.9 Å². The highest BCUT2D eigenvalue weighted by atomic mass is 16.6. The van der Waals surface area contributed by atoms with E-state index in [0.717, 1.165) is 12.1 Å². The summed E-state index contributed by atoms with van der Waals surface area (Å²) in [6.07, 6.45) is -1.14. The SMILES string of the molecule is CC(=O)c1ccc(NC(=O)[C@@H](C)OC(=O)c2ccc([N+](=O)[O-])cc2N)cc1. The van der Waals surface area contributed by atoms with Gasteiger partial charge < -0.3 is 15.8 Å². The molecule has 0 saturated carbocycles. The lowest BCUT2D eigenvalue weighted by atomic mass is 10.1. The molecule has 2 rings (SSSR count). The minimum Gasteiger partial charge on any atom is -0.449 e.